The van der Waals surface area contributed by atoms with E-state index < -0.39 is 41.7 Å². The van der Waals surface area contributed by atoms with Crippen LogP contribution in [0.25, 0.3) is 0 Å². The van der Waals surface area contributed by atoms with Gasteiger partial charge in [0.05, 0.1) is 23.5 Å². The van der Waals surface area contributed by atoms with Gasteiger partial charge < -0.3 is 25.2 Å². The first-order valence-corrected chi connectivity index (χ1v) is 13.6. The van der Waals surface area contributed by atoms with Crippen molar-refractivity contribution in [3.8, 4) is 0 Å². The van der Waals surface area contributed by atoms with E-state index in [0.717, 1.165) is 44.5 Å². The van der Waals surface area contributed by atoms with Crippen LogP contribution in [0.5, 0.6) is 0 Å². The van der Waals surface area contributed by atoms with Gasteiger partial charge in [-0.25, -0.2) is 27.5 Å². The summed E-state index contributed by atoms with van der Waals surface area (Å²) in [4.78, 5) is 13.3. The second-order valence-electron chi connectivity index (χ2n) is 10.3. The van der Waals surface area contributed by atoms with Crippen LogP contribution in [0.2, 0.25) is 0 Å². The first-order valence-electron chi connectivity index (χ1n) is 13.6. The van der Waals surface area contributed by atoms with Gasteiger partial charge in [-0.05, 0) is 44.2 Å². The fourth-order valence-corrected chi connectivity index (χ4v) is 5.30. The van der Waals surface area contributed by atoms with Crippen LogP contribution >= 0.6 is 0 Å². The van der Waals surface area contributed by atoms with Crippen LogP contribution < -0.4 is 15.5 Å². The van der Waals surface area contributed by atoms with E-state index in [0.29, 0.717) is 17.9 Å². The number of rotatable bonds is 6. The van der Waals surface area contributed by atoms with Crippen LogP contribution in [0.3, 0.4) is 0 Å². The second-order valence-corrected chi connectivity index (χ2v) is 10.3. The molecule has 0 saturated carbocycles. The lowest BCUT2D eigenvalue weighted by Gasteiger charge is -2.35. The summed E-state index contributed by atoms with van der Waals surface area (Å²) in [6.07, 6.45) is 3.09. The molecule has 2 unspecified atom stereocenters. The van der Waals surface area contributed by atoms with Crippen LogP contribution in [-0.4, -0.2) is 67.1 Å². The third-order valence-corrected chi connectivity index (χ3v) is 7.57. The monoisotopic (exact) mass is 558 g/mol. The molecule has 0 bridgehead atoms. The Kier molecular flexibility index (Phi) is 8.30. The molecule has 1 fully saturated rings. The Labute approximate surface area is 231 Å². The predicted octanol–water partition coefficient (Wildman–Crippen LogP) is 5.46. The molecule has 2 N–H and O–H groups in total. The topological polar surface area (TPSA) is 65.0 Å². The van der Waals surface area contributed by atoms with Crippen molar-refractivity contribution in [2.24, 2.45) is 10.9 Å². The van der Waals surface area contributed by atoms with E-state index >= 15 is 4.39 Å². The molecule has 3 atom stereocenters. The average molecular weight is 559 g/mol. The number of fused-ring (bicyclic) bond motifs is 1. The van der Waals surface area contributed by atoms with Gasteiger partial charge in [-0.3, -0.25) is 0 Å². The van der Waals surface area contributed by atoms with E-state index in [1.165, 1.54) is 12.3 Å². The van der Waals surface area contributed by atoms with Crippen LogP contribution in [0.4, 0.5) is 29.1 Å². The number of nitrogens with one attached hydrogen (secondary N) is 2. The van der Waals surface area contributed by atoms with Crippen molar-refractivity contribution in [1.29, 1.82) is 0 Å². The minimum atomic E-state index is -3.01. The number of allylic oxidation sites excluding steroid dienone is 4. The van der Waals surface area contributed by atoms with Crippen molar-refractivity contribution in [2.75, 3.05) is 42.9 Å². The molecule has 4 heterocycles. The van der Waals surface area contributed by atoms with E-state index in [2.05, 4.69) is 37.3 Å². The number of hydrogen-bond acceptors (Lipinski definition) is 7. The Balaban J connectivity index is 1.42. The first-order chi connectivity index (χ1) is 19.2. The van der Waals surface area contributed by atoms with Crippen molar-refractivity contribution in [2.45, 2.75) is 45.8 Å². The number of aliphatic imine (C=N–C) groups is 1. The Hall–Kier alpha value is -3.60. The molecule has 1 saturated heterocycles. The summed E-state index contributed by atoms with van der Waals surface area (Å²) in [6, 6.07) is 2.74. The van der Waals surface area contributed by atoms with Crippen molar-refractivity contribution in [3.63, 3.8) is 0 Å². The third kappa shape index (κ3) is 5.79. The minimum Gasteiger partial charge on any atom is -0.458 e. The maximum Gasteiger partial charge on any atom is 0.270 e. The number of nitrogens with zero attached hydrogens (tertiary/aromatic N) is 4. The maximum absolute atomic E-state index is 15.4. The molecule has 214 valence electrons. The summed E-state index contributed by atoms with van der Waals surface area (Å²) in [5.41, 5.74) is 1.14. The van der Waals surface area contributed by atoms with Gasteiger partial charge in [0.25, 0.3) is 6.43 Å². The van der Waals surface area contributed by atoms with Gasteiger partial charge in [0.2, 0.25) is 0 Å². The van der Waals surface area contributed by atoms with Gasteiger partial charge in [-0.15, -0.1) is 0 Å². The van der Waals surface area contributed by atoms with Crippen LogP contribution in [0.15, 0.2) is 81.9 Å². The molecule has 3 aliphatic heterocycles. The summed E-state index contributed by atoms with van der Waals surface area (Å²) in [7, 11) is 0. The zero-order valence-corrected chi connectivity index (χ0v) is 22.8. The Morgan fingerprint density at radius 2 is 1.98 bits per heavy atom. The molecule has 7 nitrogen and oxygen atoms in total. The number of hydrogen-bond donors (Lipinski definition) is 2. The van der Waals surface area contributed by atoms with Crippen molar-refractivity contribution in [3.05, 3.63) is 76.9 Å². The van der Waals surface area contributed by atoms with E-state index in [-0.39, 0.29) is 17.2 Å². The number of anilines is 2. The minimum absolute atomic E-state index is 0.104. The standard InChI is InChI=1S/C29H34F4N6O/c1-4-38-10-12-39(13-11-38)19-7-8-23(35-16-19)37-29-24(28(32)33)27(17(2)6-5-9-34-29)40-22-15-21(30)26-20(25(22)31)14-18(3)36-26/h5,7-9,14-17,21,26,28,36H,4,6,10-13H2,1-3H3,(H,34,35,37)/b9-5+,27-24+/t17?,21?,26-/m1/s1. The van der Waals surface area contributed by atoms with E-state index in [1.807, 2.05) is 6.07 Å². The maximum atomic E-state index is 15.4. The zero-order chi connectivity index (χ0) is 28.4. The molecule has 0 spiro atoms. The summed E-state index contributed by atoms with van der Waals surface area (Å²) in [5.74, 6) is -1.77. The number of amidine groups is 1. The zero-order valence-electron chi connectivity index (χ0n) is 22.8. The number of pyridine rings is 1. The molecule has 1 aliphatic carbocycles. The SMILES string of the molecule is CCN1CCN(c2ccc(NC3=N/C=C/CC(C)/C(OC4=CC(F)[C@@H]5NC(C)=CC5=C4F)=C\3C(F)F)nc2)CC1. The third-order valence-electron chi connectivity index (χ3n) is 7.57. The normalized spacial score (nSPS) is 29.6. The molecule has 0 radical (unpaired) electrons. The van der Waals surface area contributed by atoms with Crippen molar-refractivity contribution < 1.29 is 22.3 Å². The quantitative estimate of drug-likeness (QED) is 0.453. The van der Waals surface area contributed by atoms with Gasteiger partial charge in [-0.2, -0.15) is 0 Å². The molecule has 4 aliphatic rings. The highest BCUT2D eigenvalue weighted by Gasteiger charge is 2.37. The lowest BCUT2D eigenvalue weighted by atomic mass is 9.96. The summed E-state index contributed by atoms with van der Waals surface area (Å²) < 4.78 is 65.3. The van der Waals surface area contributed by atoms with Crippen LogP contribution in [0.1, 0.15) is 27.2 Å². The van der Waals surface area contributed by atoms with Crippen LogP contribution in [-0.2, 0) is 4.74 Å². The van der Waals surface area contributed by atoms with Gasteiger partial charge >= 0.3 is 0 Å². The van der Waals surface area contributed by atoms with Gasteiger partial charge in [0.15, 0.2) is 11.6 Å². The van der Waals surface area contributed by atoms with Crippen molar-refractivity contribution in [1.82, 2.24) is 15.2 Å². The Bertz CT molecular complexity index is 1290. The molecule has 40 heavy (non-hydrogen) atoms. The fourth-order valence-electron chi connectivity index (χ4n) is 5.30. The first kappa shape index (κ1) is 27.9. The van der Waals surface area contributed by atoms with Crippen LogP contribution in [0, 0.1) is 5.92 Å². The number of alkyl halides is 3. The number of halogens is 4. The predicted molar refractivity (Wildman–Crippen MR) is 148 cm³/mol. The van der Waals surface area contributed by atoms with Gasteiger partial charge in [0.1, 0.15) is 23.6 Å². The molecule has 0 amide bonds. The number of piperazine rings is 1. The van der Waals surface area contributed by atoms with Gasteiger partial charge in [-0.1, -0.05) is 19.9 Å². The highest BCUT2D eigenvalue weighted by atomic mass is 19.3. The molecule has 1 aromatic rings. The van der Waals surface area contributed by atoms with E-state index in [1.54, 1.807) is 32.2 Å². The van der Waals surface area contributed by atoms with Gasteiger partial charge in [0, 0.05) is 49.6 Å². The number of aromatic nitrogens is 1. The number of ether oxygens (including phenoxy) is 1. The highest BCUT2D eigenvalue weighted by molar-refractivity contribution is 6.08. The molecule has 5 rings (SSSR count). The average Bonchev–Trinajstić information content (AvgIpc) is 3.35. The van der Waals surface area contributed by atoms with E-state index in [9.17, 15) is 13.2 Å². The lowest BCUT2D eigenvalue weighted by Crippen LogP contribution is -2.46. The van der Waals surface area contributed by atoms with E-state index in [4.69, 9.17) is 4.74 Å². The molecule has 0 aromatic carbocycles. The summed E-state index contributed by atoms with van der Waals surface area (Å²) >= 11 is 0. The lowest BCUT2D eigenvalue weighted by molar-refractivity contribution is 0.173. The molecular formula is C29H34F4N6O. The summed E-state index contributed by atoms with van der Waals surface area (Å²) in [5, 5.41) is 5.78. The molecule has 1 aromatic heterocycles. The summed E-state index contributed by atoms with van der Waals surface area (Å²) in [6.45, 7) is 10.2. The Morgan fingerprint density at radius 1 is 1.20 bits per heavy atom. The Morgan fingerprint density at radius 3 is 2.65 bits per heavy atom. The second kappa shape index (κ2) is 11.9. The van der Waals surface area contributed by atoms with Crippen molar-refractivity contribution >= 4 is 17.3 Å². The largest absolute Gasteiger partial charge is 0.458 e. The smallest absolute Gasteiger partial charge is 0.270 e. The fraction of sp³-hybridized carbons (Fsp3) is 0.448. The number of likely N-dealkylation sites (N-methyl/N-ethyl adjacent to an activating group) is 1. The molecular weight excluding hydrogens is 524 g/mol. The molecule has 11 heteroatoms. The highest BCUT2D eigenvalue weighted by Crippen LogP contribution is 2.38.